The third-order valence-corrected chi connectivity index (χ3v) is 4.97. The summed E-state index contributed by atoms with van der Waals surface area (Å²) < 4.78 is 11.4. The summed E-state index contributed by atoms with van der Waals surface area (Å²) >= 11 is 0. The van der Waals surface area contributed by atoms with Gasteiger partial charge in [0.15, 0.2) is 0 Å². The number of carbonyl (C=O) groups is 2. The lowest BCUT2D eigenvalue weighted by molar-refractivity contribution is -0.173. The van der Waals surface area contributed by atoms with Crippen LogP contribution in [-0.2, 0) is 19.1 Å². The molecule has 0 bridgehead atoms. The highest BCUT2D eigenvalue weighted by molar-refractivity contribution is 5.67. The summed E-state index contributed by atoms with van der Waals surface area (Å²) in [6.07, 6.45) is 0.717. The van der Waals surface area contributed by atoms with Crippen molar-refractivity contribution in [3.05, 3.63) is 71.8 Å². The molecular weight excluding hydrogens is 328 g/mol. The number of carbonyl (C=O) groups excluding carboxylic acids is 2. The van der Waals surface area contributed by atoms with Crippen molar-refractivity contribution in [2.75, 3.05) is 0 Å². The Morgan fingerprint density at radius 1 is 0.692 bits per heavy atom. The van der Waals surface area contributed by atoms with E-state index in [4.69, 9.17) is 9.47 Å². The van der Waals surface area contributed by atoms with Crippen LogP contribution in [0.15, 0.2) is 60.7 Å². The third kappa shape index (κ3) is 4.13. The molecule has 0 radical (unpaired) electrons. The van der Waals surface area contributed by atoms with E-state index in [9.17, 15) is 9.59 Å². The summed E-state index contributed by atoms with van der Waals surface area (Å²) in [7, 11) is 0. The van der Waals surface area contributed by atoms with Gasteiger partial charge in [0.2, 0.25) is 0 Å². The molecule has 0 aromatic heterocycles. The Morgan fingerprint density at radius 3 is 1.35 bits per heavy atom. The molecule has 2 aromatic carbocycles. The fourth-order valence-electron chi connectivity index (χ4n) is 3.94. The van der Waals surface area contributed by atoms with E-state index in [1.807, 2.05) is 60.7 Å². The van der Waals surface area contributed by atoms with Gasteiger partial charge >= 0.3 is 11.9 Å². The van der Waals surface area contributed by atoms with Crippen molar-refractivity contribution in [1.29, 1.82) is 0 Å². The van der Waals surface area contributed by atoms with Crippen LogP contribution in [0.3, 0.4) is 0 Å². The van der Waals surface area contributed by atoms with E-state index >= 15 is 0 Å². The maximum absolute atomic E-state index is 11.8. The number of rotatable bonds is 4. The van der Waals surface area contributed by atoms with Crippen LogP contribution in [0, 0.1) is 0 Å². The summed E-state index contributed by atoms with van der Waals surface area (Å²) in [6.45, 7) is 2.80. The molecule has 1 fully saturated rings. The van der Waals surface area contributed by atoms with E-state index in [0.717, 1.165) is 24.0 Å². The van der Waals surface area contributed by atoms with E-state index in [1.54, 1.807) is 0 Å². The first-order chi connectivity index (χ1) is 12.6. The summed E-state index contributed by atoms with van der Waals surface area (Å²) in [4.78, 5) is 23.6. The van der Waals surface area contributed by atoms with Crippen LogP contribution in [0.25, 0.3) is 0 Å². The number of hydrogen-bond acceptors (Lipinski definition) is 4. The first-order valence-corrected chi connectivity index (χ1v) is 9.00. The van der Waals surface area contributed by atoms with Gasteiger partial charge in [-0.15, -0.1) is 0 Å². The van der Waals surface area contributed by atoms with Crippen molar-refractivity contribution in [2.24, 2.45) is 0 Å². The lowest BCUT2D eigenvalue weighted by Crippen LogP contribution is -2.46. The van der Waals surface area contributed by atoms with Crippen LogP contribution in [0.5, 0.6) is 0 Å². The van der Waals surface area contributed by atoms with Crippen LogP contribution in [0.2, 0.25) is 0 Å². The van der Waals surface area contributed by atoms with Gasteiger partial charge in [0.1, 0.15) is 12.2 Å². The number of hydrogen-bond donors (Lipinski definition) is 0. The summed E-state index contributed by atoms with van der Waals surface area (Å²) in [6, 6.07) is 20.0. The molecule has 4 atom stereocenters. The van der Waals surface area contributed by atoms with Crippen LogP contribution >= 0.6 is 0 Å². The molecule has 1 aliphatic carbocycles. The van der Waals surface area contributed by atoms with E-state index in [0.29, 0.717) is 0 Å². The van der Waals surface area contributed by atoms with Gasteiger partial charge in [0.05, 0.1) is 0 Å². The Hall–Kier alpha value is -2.62. The predicted octanol–water partition coefficient (Wildman–Crippen LogP) is 4.21. The molecule has 4 heteroatoms. The highest BCUT2D eigenvalue weighted by Crippen LogP contribution is 2.43. The molecule has 0 heterocycles. The van der Waals surface area contributed by atoms with Crippen LogP contribution in [-0.4, -0.2) is 24.1 Å². The standard InChI is InChI=1S/C22H24O4/c1-15(23)25-21-19(17-9-5-3-6-10-17)13-14-20(22(21)26-16(2)24)18-11-7-4-8-12-18/h3-12,19-22H,13-14H2,1-2H3/t19-,20+,21-,22-/m0/s1. The maximum Gasteiger partial charge on any atom is 0.303 e. The second kappa shape index (κ2) is 8.17. The first kappa shape index (κ1) is 18.2. The third-order valence-electron chi connectivity index (χ3n) is 4.97. The zero-order valence-electron chi connectivity index (χ0n) is 15.1. The average molecular weight is 352 g/mol. The zero-order valence-corrected chi connectivity index (χ0v) is 15.1. The first-order valence-electron chi connectivity index (χ1n) is 9.00. The number of benzene rings is 2. The molecule has 0 N–H and O–H groups in total. The lowest BCUT2D eigenvalue weighted by Gasteiger charge is -2.42. The zero-order chi connectivity index (χ0) is 18.5. The number of esters is 2. The molecule has 0 aliphatic heterocycles. The summed E-state index contributed by atoms with van der Waals surface area (Å²) in [5.74, 6) is -0.711. The van der Waals surface area contributed by atoms with Gasteiger partial charge in [0, 0.05) is 25.7 Å². The Bertz CT molecular complexity index is 676. The predicted molar refractivity (Wildman–Crippen MR) is 98.7 cm³/mol. The van der Waals surface area contributed by atoms with E-state index in [1.165, 1.54) is 13.8 Å². The highest BCUT2D eigenvalue weighted by Gasteiger charge is 2.44. The minimum Gasteiger partial charge on any atom is -0.458 e. The van der Waals surface area contributed by atoms with Gasteiger partial charge in [0.25, 0.3) is 0 Å². The molecular formula is C22H24O4. The summed E-state index contributed by atoms with van der Waals surface area (Å²) in [5, 5.41) is 0. The largest absolute Gasteiger partial charge is 0.458 e. The Labute approximate surface area is 154 Å². The van der Waals surface area contributed by atoms with Crippen LogP contribution < -0.4 is 0 Å². The second-order valence-electron chi connectivity index (χ2n) is 6.76. The van der Waals surface area contributed by atoms with Gasteiger partial charge in [-0.3, -0.25) is 9.59 Å². The average Bonchev–Trinajstić information content (AvgIpc) is 2.63. The van der Waals surface area contributed by atoms with Gasteiger partial charge in [-0.1, -0.05) is 60.7 Å². The fourth-order valence-corrected chi connectivity index (χ4v) is 3.94. The molecule has 136 valence electrons. The maximum atomic E-state index is 11.8. The molecule has 0 spiro atoms. The van der Waals surface area contributed by atoms with E-state index < -0.39 is 12.2 Å². The molecule has 2 aromatic rings. The Morgan fingerprint density at radius 2 is 1.04 bits per heavy atom. The van der Waals surface area contributed by atoms with E-state index in [2.05, 4.69) is 0 Å². The van der Waals surface area contributed by atoms with Crippen molar-refractivity contribution in [3.8, 4) is 0 Å². The Balaban J connectivity index is 1.99. The molecule has 4 nitrogen and oxygen atoms in total. The van der Waals surface area contributed by atoms with Crippen molar-refractivity contribution in [3.63, 3.8) is 0 Å². The van der Waals surface area contributed by atoms with Crippen LogP contribution in [0.4, 0.5) is 0 Å². The minimum absolute atomic E-state index is 0.00409. The van der Waals surface area contributed by atoms with Crippen molar-refractivity contribution in [1.82, 2.24) is 0 Å². The monoisotopic (exact) mass is 352 g/mol. The molecule has 26 heavy (non-hydrogen) atoms. The van der Waals surface area contributed by atoms with Gasteiger partial charge in [-0.05, 0) is 24.0 Å². The lowest BCUT2D eigenvalue weighted by atomic mass is 9.72. The minimum atomic E-state index is -0.502. The smallest absolute Gasteiger partial charge is 0.303 e. The topological polar surface area (TPSA) is 52.6 Å². The van der Waals surface area contributed by atoms with Gasteiger partial charge in [-0.25, -0.2) is 0 Å². The van der Waals surface area contributed by atoms with Crippen molar-refractivity contribution >= 4 is 11.9 Å². The SMILES string of the molecule is CC(=O)O[C@@H]1[C@@H](OC(C)=O)[C@H](c2ccccc2)CC[C@@H]1c1ccccc1. The number of ether oxygens (including phenoxy) is 2. The molecule has 0 saturated heterocycles. The highest BCUT2D eigenvalue weighted by atomic mass is 16.6. The Kier molecular flexibility index (Phi) is 5.71. The fraction of sp³-hybridized carbons (Fsp3) is 0.364. The van der Waals surface area contributed by atoms with Crippen molar-refractivity contribution < 1.29 is 19.1 Å². The molecule has 1 aliphatic rings. The molecule has 0 amide bonds. The normalized spacial score (nSPS) is 25.3. The quantitative estimate of drug-likeness (QED) is 0.774. The second-order valence-corrected chi connectivity index (χ2v) is 6.76. The van der Waals surface area contributed by atoms with Gasteiger partial charge < -0.3 is 9.47 Å². The molecule has 1 saturated carbocycles. The molecule has 0 unspecified atom stereocenters. The van der Waals surface area contributed by atoms with Crippen LogP contribution in [0.1, 0.15) is 49.7 Å². The van der Waals surface area contributed by atoms with Crippen molar-refractivity contribution in [2.45, 2.75) is 50.7 Å². The summed E-state index contributed by atoms with van der Waals surface area (Å²) in [5.41, 5.74) is 2.20. The van der Waals surface area contributed by atoms with E-state index in [-0.39, 0.29) is 23.8 Å². The van der Waals surface area contributed by atoms with Gasteiger partial charge in [-0.2, -0.15) is 0 Å². The molecule has 3 rings (SSSR count).